The Morgan fingerprint density at radius 1 is 0.970 bits per heavy atom. The number of alkyl halides is 3. The van der Waals surface area contributed by atoms with Crippen molar-refractivity contribution < 1.29 is 32.2 Å². The molecule has 1 fully saturated rings. The van der Waals surface area contributed by atoms with Gasteiger partial charge in [-0.15, -0.1) is 13.2 Å². The van der Waals surface area contributed by atoms with E-state index in [1.54, 1.807) is 20.8 Å². The van der Waals surface area contributed by atoms with Crippen molar-refractivity contribution in [2.24, 2.45) is 5.92 Å². The van der Waals surface area contributed by atoms with Crippen molar-refractivity contribution in [1.82, 2.24) is 4.90 Å². The first-order valence-corrected chi connectivity index (χ1v) is 10.6. The standard InChI is InChI=1S/C24H27F3N2O4/c1-23(2,3)33-22(31)29-14-17(16-7-5-4-6-8-16)13-18(15-29)21(30)28-19-9-11-20(12-10-19)32-24(25,26)27/h4-12,17-18H,13-15H2,1-3H3,(H,28,30)/t17-,18+/m0/s1. The Morgan fingerprint density at radius 2 is 1.61 bits per heavy atom. The first kappa shape index (κ1) is 24.4. The van der Waals surface area contributed by atoms with Gasteiger partial charge in [0, 0.05) is 24.7 Å². The summed E-state index contributed by atoms with van der Waals surface area (Å²) in [7, 11) is 0. The molecule has 0 bridgehead atoms. The van der Waals surface area contributed by atoms with Crippen LogP contribution in [-0.2, 0) is 9.53 Å². The van der Waals surface area contributed by atoms with Crippen LogP contribution in [0.15, 0.2) is 54.6 Å². The van der Waals surface area contributed by atoms with Gasteiger partial charge in [0.1, 0.15) is 11.4 Å². The largest absolute Gasteiger partial charge is 0.573 e. The summed E-state index contributed by atoms with van der Waals surface area (Å²) in [5, 5.41) is 2.73. The number of halogens is 3. The minimum atomic E-state index is -4.79. The fourth-order valence-electron chi connectivity index (χ4n) is 3.72. The topological polar surface area (TPSA) is 67.9 Å². The molecule has 0 aliphatic carbocycles. The van der Waals surface area contributed by atoms with E-state index in [2.05, 4.69) is 10.1 Å². The Bertz CT molecular complexity index is 956. The maximum atomic E-state index is 13.0. The summed E-state index contributed by atoms with van der Waals surface area (Å²) in [6.45, 7) is 5.94. The molecule has 1 saturated heterocycles. The number of anilines is 1. The Hall–Kier alpha value is -3.23. The van der Waals surface area contributed by atoms with Crippen LogP contribution < -0.4 is 10.1 Å². The van der Waals surface area contributed by atoms with Gasteiger partial charge >= 0.3 is 12.5 Å². The number of benzene rings is 2. The summed E-state index contributed by atoms with van der Waals surface area (Å²) >= 11 is 0. The zero-order valence-corrected chi connectivity index (χ0v) is 18.7. The molecule has 2 aromatic rings. The molecule has 3 rings (SSSR count). The SMILES string of the molecule is CC(C)(C)OC(=O)N1C[C@H](C(=O)Nc2ccc(OC(F)(F)F)cc2)C[C@H](c2ccccc2)C1. The quantitative estimate of drug-likeness (QED) is 0.643. The average molecular weight is 464 g/mol. The van der Waals surface area contributed by atoms with Gasteiger partial charge in [-0.1, -0.05) is 30.3 Å². The number of nitrogens with one attached hydrogen (secondary N) is 1. The van der Waals surface area contributed by atoms with Crippen molar-refractivity contribution >= 4 is 17.7 Å². The van der Waals surface area contributed by atoms with Crippen molar-refractivity contribution in [2.75, 3.05) is 18.4 Å². The van der Waals surface area contributed by atoms with E-state index in [0.29, 0.717) is 18.7 Å². The number of amides is 2. The zero-order chi connectivity index (χ0) is 24.2. The van der Waals surface area contributed by atoms with Gasteiger partial charge in [-0.25, -0.2) is 4.79 Å². The molecule has 0 radical (unpaired) electrons. The Morgan fingerprint density at radius 3 is 2.18 bits per heavy atom. The third-order valence-corrected chi connectivity index (χ3v) is 5.10. The molecule has 2 atom stereocenters. The van der Waals surface area contributed by atoms with Crippen LogP contribution in [0.25, 0.3) is 0 Å². The monoisotopic (exact) mass is 464 g/mol. The van der Waals surface area contributed by atoms with Crippen molar-refractivity contribution in [3.05, 3.63) is 60.2 Å². The molecule has 1 aliphatic rings. The summed E-state index contributed by atoms with van der Waals surface area (Å²) < 4.78 is 46.4. The Balaban J connectivity index is 1.73. The predicted molar refractivity (Wildman–Crippen MR) is 117 cm³/mol. The third kappa shape index (κ3) is 7.40. The van der Waals surface area contributed by atoms with Crippen LogP contribution in [0, 0.1) is 5.92 Å². The molecule has 2 amide bonds. The zero-order valence-electron chi connectivity index (χ0n) is 18.7. The molecule has 0 saturated carbocycles. The summed E-state index contributed by atoms with van der Waals surface area (Å²) in [5.74, 6) is -1.29. The number of hydrogen-bond acceptors (Lipinski definition) is 4. The first-order chi connectivity index (χ1) is 15.4. The van der Waals surface area contributed by atoms with Gasteiger partial charge in [0.05, 0.1) is 5.92 Å². The Kier molecular flexibility index (Phi) is 7.19. The van der Waals surface area contributed by atoms with Crippen molar-refractivity contribution in [3.63, 3.8) is 0 Å². The fraction of sp³-hybridized carbons (Fsp3) is 0.417. The van der Waals surface area contributed by atoms with E-state index in [9.17, 15) is 22.8 Å². The van der Waals surface area contributed by atoms with Gasteiger partial charge in [-0.3, -0.25) is 4.79 Å². The highest BCUT2D eigenvalue weighted by molar-refractivity contribution is 5.93. The van der Waals surface area contributed by atoms with Crippen molar-refractivity contribution in [3.8, 4) is 5.75 Å². The highest BCUT2D eigenvalue weighted by atomic mass is 19.4. The van der Waals surface area contributed by atoms with E-state index in [1.807, 2.05) is 30.3 Å². The number of carbonyl (C=O) groups is 2. The van der Waals surface area contributed by atoms with Crippen LogP contribution in [0.4, 0.5) is 23.7 Å². The highest BCUT2D eigenvalue weighted by Crippen LogP contribution is 2.32. The minimum Gasteiger partial charge on any atom is -0.444 e. The number of carbonyl (C=O) groups excluding carboxylic acids is 2. The van der Waals surface area contributed by atoms with E-state index >= 15 is 0 Å². The second-order valence-corrected chi connectivity index (χ2v) is 8.99. The smallest absolute Gasteiger partial charge is 0.444 e. The lowest BCUT2D eigenvalue weighted by Crippen LogP contribution is -2.48. The molecule has 9 heteroatoms. The second kappa shape index (κ2) is 9.72. The molecular formula is C24H27F3N2O4. The lowest BCUT2D eigenvalue weighted by atomic mass is 9.84. The van der Waals surface area contributed by atoms with Crippen LogP contribution in [0.5, 0.6) is 5.75 Å². The van der Waals surface area contributed by atoms with Crippen LogP contribution >= 0.6 is 0 Å². The predicted octanol–water partition coefficient (Wildman–Crippen LogP) is 5.56. The summed E-state index contributed by atoms with van der Waals surface area (Å²) in [6.07, 6.45) is -4.76. The second-order valence-electron chi connectivity index (χ2n) is 8.99. The van der Waals surface area contributed by atoms with E-state index < -0.39 is 24.0 Å². The maximum absolute atomic E-state index is 13.0. The fourth-order valence-corrected chi connectivity index (χ4v) is 3.72. The number of nitrogens with zero attached hydrogens (tertiary/aromatic N) is 1. The molecule has 2 aromatic carbocycles. The first-order valence-electron chi connectivity index (χ1n) is 10.6. The molecule has 0 aromatic heterocycles. The number of ether oxygens (including phenoxy) is 2. The Labute approximate surface area is 190 Å². The summed E-state index contributed by atoms with van der Waals surface area (Å²) in [6, 6.07) is 14.5. The van der Waals surface area contributed by atoms with Crippen LogP contribution in [0.1, 0.15) is 38.7 Å². The number of likely N-dealkylation sites (tertiary alicyclic amines) is 1. The lowest BCUT2D eigenvalue weighted by molar-refractivity contribution is -0.274. The third-order valence-electron chi connectivity index (χ3n) is 5.10. The molecule has 178 valence electrons. The van der Waals surface area contributed by atoms with Crippen LogP contribution in [0.3, 0.4) is 0 Å². The van der Waals surface area contributed by atoms with E-state index in [-0.39, 0.29) is 24.1 Å². The average Bonchev–Trinajstić information content (AvgIpc) is 2.73. The minimum absolute atomic E-state index is 0.0641. The van der Waals surface area contributed by atoms with Crippen LogP contribution in [-0.4, -0.2) is 42.0 Å². The van der Waals surface area contributed by atoms with Crippen LogP contribution in [0.2, 0.25) is 0 Å². The van der Waals surface area contributed by atoms with E-state index in [1.165, 1.54) is 17.0 Å². The van der Waals surface area contributed by atoms with Gasteiger partial charge in [0.15, 0.2) is 0 Å². The lowest BCUT2D eigenvalue weighted by Gasteiger charge is -2.38. The van der Waals surface area contributed by atoms with E-state index in [4.69, 9.17) is 4.74 Å². The molecule has 0 unspecified atom stereocenters. The van der Waals surface area contributed by atoms with E-state index in [0.717, 1.165) is 17.7 Å². The molecule has 0 spiro atoms. The van der Waals surface area contributed by atoms with Crippen molar-refractivity contribution in [1.29, 1.82) is 0 Å². The molecular weight excluding hydrogens is 437 g/mol. The van der Waals surface area contributed by atoms with Gasteiger partial charge in [-0.2, -0.15) is 0 Å². The molecule has 6 nitrogen and oxygen atoms in total. The van der Waals surface area contributed by atoms with Gasteiger partial charge in [0.25, 0.3) is 0 Å². The van der Waals surface area contributed by atoms with Gasteiger partial charge in [0.2, 0.25) is 5.91 Å². The summed E-state index contributed by atoms with van der Waals surface area (Å²) in [5.41, 5.74) is 0.673. The van der Waals surface area contributed by atoms with Gasteiger partial charge < -0.3 is 19.7 Å². The maximum Gasteiger partial charge on any atom is 0.573 e. The number of rotatable bonds is 4. The molecule has 33 heavy (non-hydrogen) atoms. The highest BCUT2D eigenvalue weighted by Gasteiger charge is 2.36. The summed E-state index contributed by atoms with van der Waals surface area (Å²) in [4.78, 5) is 27.3. The molecule has 1 heterocycles. The molecule has 1 N–H and O–H groups in total. The molecule has 1 aliphatic heterocycles. The normalized spacial score (nSPS) is 19.0. The van der Waals surface area contributed by atoms with Crippen molar-refractivity contribution in [2.45, 2.75) is 45.1 Å². The van der Waals surface area contributed by atoms with Gasteiger partial charge in [-0.05, 0) is 57.0 Å². The number of hydrogen-bond donors (Lipinski definition) is 1. The number of piperidine rings is 1.